The predicted octanol–water partition coefficient (Wildman–Crippen LogP) is 2.37. The zero-order valence-corrected chi connectivity index (χ0v) is 7.00. The van der Waals surface area contributed by atoms with Crippen molar-refractivity contribution >= 4 is 5.82 Å². The lowest BCUT2D eigenvalue weighted by Gasteiger charge is -2.02. The minimum atomic E-state index is -3.03. The third-order valence-electron chi connectivity index (χ3n) is 1.65. The van der Waals surface area contributed by atoms with Gasteiger partial charge in [-0.25, -0.2) is 13.2 Å². The number of alkyl halides is 2. The summed E-state index contributed by atoms with van der Waals surface area (Å²) in [6.07, 6.45) is -2.55. The van der Waals surface area contributed by atoms with Gasteiger partial charge in [0.25, 0.3) is 6.43 Å². The average Bonchev–Trinajstić information content (AvgIpc) is 2.08. The third-order valence-corrected chi connectivity index (χ3v) is 1.65. The number of pyridine rings is 1. The Morgan fingerprint density at radius 3 is 2.57 bits per heavy atom. The Morgan fingerprint density at radius 2 is 2.14 bits per heavy atom. The number of nitro groups is 1. The molecule has 0 N–H and O–H groups in total. The van der Waals surface area contributed by atoms with Crippen LogP contribution in [0.4, 0.5) is 19.0 Å². The summed E-state index contributed by atoms with van der Waals surface area (Å²) in [7, 11) is 0. The van der Waals surface area contributed by atoms with Gasteiger partial charge in [0.05, 0.1) is 11.1 Å². The van der Waals surface area contributed by atoms with Gasteiger partial charge in [0.15, 0.2) is 6.20 Å². The molecule has 0 unspecified atom stereocenters. The van der Waals surface area contributed by atoms with Gasteiger partial charge in [-0.1, -0.05) is 0 Å². The second-order valence-corrected chi connectivity index (χ2v) is 2.53. The van der Waals surface area contributed by atoms with Crippen LogP contribution in [0, 0.1) is 22.9 Å². The van der Waals surface area contributed by atoms with Gasteiger partial charge in [0, 0.05) is 0 Å². The van der Waals surface area contributed by atoms with E-state index < -0.39 is 34.1 Å². The summed E-state index contributed by atoms with van der Waals surface area (Å²) in [5.74, 6) is -2.02. The standard InChI is InChI=1S/C7H5F3N2O2/c1-3-5(8)4(6(9)10)2-11-7(3)12(13)14/h2,6H,1H3. The fourth-order valence-electron chi connectivity index (χ4n) is 0.935. The summed E-state index contributed by atoms with van der Waals surface area (Å²) < 4.78 is 37.2. The third kappa shape index (κ3) is 1.66. The lowest BCUT2D eigenvalue weighted by atomic mass is 10.2. The highest BCUT2D eigenvalue weighted by Gasteiger charge is 2.24. The maximum absolute atomic E-state index is 13.0. The van der Waals surface area contributed by atoms with Crippen LogP contribution in [0.2, 0.25) is 0 Å². The van der Waals surface area contributed by atoms with E-state index in [1.165, 1.54) is 0 Å². The Morgan fingerprint density at radius 1 is 1.57 bits per heavy atom. The molecule has 1 aromatic rings. The van der Waals surface area contributed by atoms with E-state index in [2.05, 4.69) is 4.98 Å². The molecule has 0 aliphatic carbocycles. The van der Waals surface area contributed by atoms with Crippen molar-refractivity contribution in [1.82, 2.24) is 4.98 Å². The van der Waals surface area contributed by atoms with E-state index >= 15 is 0 Å². The van der Waals surface area contributed by atoms with E-state index in [1.807, 2.05) is 0 Å². The first kappa shape index (κ1) is 10.4. The first-order valence-corrected chi connectivity index (χ1v) is 3.52. The minimum Gasteiger partial charge on any atom is -0.358 e. The molecule has 1 aromatic heterocycles. The Bertz CT molecular complexity index is 381. The van der Waals surface area contributed by atoms with Crippen LogP contribution in [0.5, 0.6) is 0 Å². The maximum Gasteiger partial charge on any atom is 0.369 e. The molecule has 0 aromatic carbocycles. The maximum atomic E-state index is 13.0. The monoisotopic (exact) mass is 206 g/mol. The quantitative estimate of drug-likeness (QED) is 0.551. The molecular formula is C7H5F3N2O2. The highest BCUT2D eigenvalue weighted by atomic mass is 19.3. The first-order chi connectivity index (χ1) is 6.45. The Kier molecular flexibility index (Phi) is 2.68. The summed E-state index contributed by atoms with van der Waals surface area (Å²) >= 11 is 0. The minimum absolute atomic E-state index is 0.477. The van der Waals surface area contributed by atoms with Crippen molar-refractivity contribution in [2.24, 2.45) is 0 Å². The highest BCUT2D eigenvalue weighted by molar-refractivity contribution is 5.35. The summed E-state index contributed by atoms with van der Waals surface area (Å²) in [5.41, 5.74) is -1.40. The zero-order valence-electron chi connectivity index (χ0n) is 7.00. The largest absolute Gasteiger partial charge is 0.369 e. The van der Waals surface area contributed by atoms with E-state index in [-0.39, 0.29) is 0 Å². The van der Waals surface area contributed by atoms with E-state index in [0.717, 1.165) is 6.92 Å². The van der Waals surface area contributed by atoms with E-state index in [9.17, 15) is 23.3 Å². The fraction of sp³-hybridized carbons (Fsp3) is 0.286. The molecule has 1 heterocycles. The topological polar surface area (TPSA) is 56.0 Å². The number of hydrogen-bond acceptors (Lipinski definition) is 3. The van der Waals surface area contributed by atoms with Crippen molar-refractivity contribution in [1.29, 1.82) is 0 Å². The molecule has 0 spiro atoms. The molecule has 1 rings (SSSR count). The van der Waals surface area contributed by atoms with Gasteiger partial charge < -0.3 is 10.1 Å². The van der Waals surface area contributed by atoms with Crippen molar-refractivity contribution in [3.63, 3.8) is 0 Å². The van der Waals surface area contributed by atoms with Crippen molar-refractivity contribution in [2.75, 3.05) is 0 Å². The normalized spacial score (nSPS) is 10.6. The molecule has 0 fully saturated rings. The molecule has 14 heavy (non-hydrogen) atoms. The molecule has 76 valence electrons. The molecule has 0 aliphatic heterocycles. The van der Waals surface area contributed by atoms with Crippen LogP contribution in [-0.2, 0) is 0 Å². The van der Waals surface area contributed by atoms with Gasteiger partial charge in [-0.2, -0.15) is 0 Å². The van der Waals surface area contributed by atoms with Crippen molar-refractivity contribution in [2.45, 2.75) is 13.3 Å². The molecule has 0 atom stereocenters. The number of aromatic nitrogens is 1. The molecular weight excluding hydrogens is 201 g/mol. The number of nitrogens with zero attached hydrogens (tertiary/aromatic N) is 2. The number of hydrogen-bond donors (Lipinski definition) is 0. The van der Waals surface area contributed by atoms with Crippen LogP contribution in [0.1, 0.15) is 17.6 Å². The van der Waals surface area contributed by atoms with Crippen LogP contribution in [0.25, 0.3) is 0 Å². The number of rotatable bonds is 2. The van der Waals surface area contributed by atoms with Gasteiger partial charge in [-0.3, -0.25) is 0 Å². The van der Waals surface area contributed by atoms with Crippen molar-refractivity contribution in [3.8, 4) is 0 Å². The van der Waals surface area contributed by atoms with Crippen LogP contribution < -0.4 is 0 Å². The highest BCUT2D eigenvalue weighted by Crippen LogP contribution is 2.26. The number of halogens is 3. The molecule has 0 amide bonds. The molecule has 0 saturated carbocycles. The van der Waals surface area contributed by atoms with Crippen molar-refractivity contribution in [3.05, 3.63) is 33.3 Å². The van der Waals surface area contributed by atoms with Gasteiger partial charge in [0.2, 0.25) is 0 Å². The molecule has 7 heteroatoms. The SMILES string of the molecule is Cc1c([N+](=O)[O-])ncc(C(F)F)c1F. The summed E-state index contributed by atoms with van der Waals surface area (Å²) in [4.78, 5) is 12.5. The lowest BCUT2D eigenvalue weighted by molar-refractivity contribution is -0.390. The van der Waals surface area contributed by atoms with Crippen LogP contribution >= 0.6 is 0 Å². The second-order valence-electron chi connectivity index (χ2n) is 2.53. The lowest BCUT2D eigenvalue weighted by Crippen LogP contribution is -2.02. The van der Waals surface area contributed by atoms with E-state index in [1.54, 1.807) is 0 Å². The van der Waals surface area contributed by atoms with Crippen LogP contribution in [0.15, 0.2) is 6.20 Å². The zero-order chi connectivity index (χ0) is 10.9. The summed E-state index contributed by atoms with van der Waals surface area (Å²) in [6, 6.07) is 0. The average molecular weight is 206 g/mol. The van der Waals surface area contributed by atoms with Gasteiger partial charge >= 0.3 is 5.82 Å². The summed E-state index contributed by atoms with van der Waals surface area (Å²) in [5, 5.41) is 10.2. The van der Waals surface area contributed by atoms with E-state index in [0.29, 0.717) is 6.20 Å². The van der Waals surface area contributed by atoms with Gasteiger partial charge in [-0.05, 0) is 16.8 Å². The Balaban J connectivity index is 3.33. The molecule has 0 saturated heterocycles. The predicted molar refractivity (Wildman–Crippen MR) is 40.5 cm³/mol. The second kappa shape index (κ2) is 3.60. The van der Waals surface area contributed by atoms with Gasteiger partial charge in [0.1, 0.15) is 5.82 Å². The van der Waals surface area contributed by atoms with Gasteiger partial charge in [-0.15, -0.1) is 0 Å². The van der Waals surface area contributed by atoms with Crippen LogP contribution in [-0.4, -0.2) is 9.91 Å². The fourth-order valence-corrected chi connectivity index (χ4v) is 0.935. The first-order valence-electron chi connectivity index (χ1n) is 3.52. The Hall–Kier alpha value is -1.66. The van der Waals surface area contributed by atoms with Crippen molar-refractivity contribution < 1.29 is 18.1 Å². The molecule has 4 nitrogen and oxygen atoms in total. The smallest absolute Gasteiger partial charge is 0.358 e. The molecule has 0 bridgehead atoms. The molecule has 0 aliphatic rings. The van der Waals surface area contributed by atoms with Crippen LogP contribution in [0.3, 0.4) is 0 Å². The molecule has 0 radical (unpaired) electrons. The van der Waals surface area contributed by atoms with E-state index in [4.69, 9.17) is 0 Å². The summed E-state index contributed by atoms with van der Waals surface area (Å²) in [6.45, 7) is 1.03. The Labute approximate surface area is 76.5 Å².